The Labute approximate surface area is 734 Å². The Bertz CT molecular complexity index is 6600. The lowest BCUT2D eigenvalue weighted by molar-refractivity contribution is -0.0933. The molecule has 70 nitrogen and oxygen atoms in total. The van der Waals surface area contributed by atoms with Crippen molar-refractivity contribution in [2.24, 2.45) is 0 Å². The van der Waals surface area contributed by atoms with Crippen molar-refractivity contribution in [3.63, 3.8) is 0 Å². The monoisotopic (exact) mass is 2150 g/mol. The highest BCUT2D eigenvalue weighted by Crippen LogP contribution is 2.70. The van der Waals surface area contributed by atoms with Gasteiger partial charge in [0.1, 0.15) is 61.2 Å². The van der Waals surface area contributed by atoms with Crippen LogP contribution in [-0.4, -0.2) is 264 Å². The number of nitrogens with zero attached hydrogens (tertiary/aromatic N) is 6. The van der Waals surface area contributed by atoms with Crippen LogP contribution < -0.4 is 45.0 Å². The molecule has 4 aliphatic rings. The van der Waals surface area contributed by atoms with E-state index in [1.165, 1.54) is 41.5 Å². The second kappa shape index (κ2) is 43.6. The van der Waals surface area contributed by atoms with Crippen molar-refractivity contribution in [2.45, 2.75) is 164 Å². The van der Waals surface area contributed by atoms with E-state index in [2.05, 4.69) is 110 Å². The molecule has 4 aliphatic heterocycles. The van der Waals surface area contributed by atoms with E-state index in [4.69, 9.17) is 68.5 Å². The molecule has 0 radical (unpaired) electrons. The number of hydrogen-bond acceptors (Lipinski definition) is 46. The molecule has 4 aromatic rings. The SMILES string of the molecule is CC#CC1(O)[C@@H](O)[C@@H]([C@H](C)OP(=O)(O)OP(=O)(O)OP(=O)(O)O)O[C@H]1n1c(C)cc(=O)[nH]c1=O.CC#CC1(O)[C@@H](O)[C@@H]([C@H](C)OP(=O)(O)OP(=O)(O)OP(=O)(O)O)O[C@H]1n1ncc(=O)[nH]c1=O.[2H]C([2H])(OP(=O)(O)OP(=O)(O)OP(=O)(O)O)[C@H]1O[C@@H](n2c(C)cc(=O)[nH]c2=O)C(O)(C#CC)[C@H]1O.[2H]C([2H])(OP(=O)(O)OP(=O)(O)OP(=O)(O)O)[C@H]1O[C@@H](n2ncc(=O)[nH]c2=O)C(O)(C#CC)[C@H]1O. The average Bonchev–Trinajstić information content (AvgIpc) is 1.57. The minimum atomic E-state index is -6.06. The van der Waals surface area contributed by atoms with E-state index in [0.717, 1.165) is 30.5 Å². The maximum absolute atomic E-state index is 12.3. The maximum atomic E-state index is 12.3. The fourth-order valence-electron chi connectivity index (χ4n) is 11.0. The lowest BCUT2D eigenvalue weighted by atomic mass is 9.92. The van der Waals surface area contributed by atoms with Crippen LogP contribution in [0.5, 0.6) is 0 Å². The summed E-state index contributed by atoms with van der Waals surface area (Å²) >= 11 is 0. The van der Waals surface area contributed by atoms with E-state index in [1.807, 2.05) is 15.0 Å². The summed E-state index contributed by atoms with van der Waals surface area (Å²) in [7, 11) is -69.7. The van der Waals surface area contributed by atoms with Crippen molar-refractivity contribution in [1.82, 2.24) is 48.6 Å². The number of phosphoric acid groups is 12. The number of phosphoric ester groups is 4. The third kappa shape index (κ3) is 32.0. The Morgan fingerprint density at radius 2 is 0.621 bits per heavy atom. The fourth-order valence-corrected chi connectivity index (χ4v) is 23.1. The average molecular weight is 2150 g/mol. The number of aryl methyl sites for hydroxylation is 2. The Hall–Kier alpha value is -6.02. The normalized spacial score (nSPS) is 30.2. The third-order valence-electron chi connectivity index (χ3n) is 15.4. The number of rotatable bonds is 32. The molecule has 0 saturated carbocycles. The maximum Gasteiger partial charge on any atom is 0.490 e. The van der Waals surface area contributed by atoms with E-state index in [1.54, 1.807) is 4.98 Å². The third-order valence-corrected chi connectivity index (χ3v) is 30.6. The summed E-state index contributed by atoms with van der Waals surface area (Å²) in [4.78, 5) is 245. The lowest BCUT2D eigenvalue weighted by Crippen LogP contribution is -2.49. The van der Waals surface area contributed by atoms with Crippen molar-refractivity contribution < 1.29 is 251 Å². The molecule has 0 spiro atoms. The van der Waals surface area contributed by atoms with Crippen LogP contribution >= 0.6 is 93.9 Å². The molecule has 8 heterocycles. The summed E-state index contributed by atoms with van der Waals surface area (Å²) in [6.45, 7) is 2.03. The highest BCUT2D eigenvalue weighted by molar-refractivity contribution is 7.68. The van der Waals surface area contributed by atoms with Crippen molar-refractivity contribution in [3.8, 4) is 47.4 Å². The zero-order chi connectivity index (χ0) is 105. The molecule has 744 valence electrons. The first kappa shape index (κ1) is 110. The molecule has 4 fully saturated rings. The summed E-state index contributed by atoms with van der Waals surface area (Å²) in [6.07, 6.45) is -27.5. The first-order chi connectivity index (χ1) is 61.1. The van der Waals surface area contributed by atoms with Crippen LogP contribution in [0.15, 0.2) is 62.9 Å². The van der Waals surface area contributed by atoms with Crippen molar-refractivity contribution in [3.05, 3.63) is 119 Å². The van der Waals surface area contributed by atoms with Gasteiger partial charge in [-0.3, -0.25) is 66.3 Å². The summed E-state index contributed by atoms with van der Waals surface area (Å²) in [5, 5.41) is 92.8. The predicted molar refractivity (Wildman–Crippen MR) is 412 cm³/mol. The number of aromatic amines is 4. The van der Waals surface area contributed by atoms with Gasteiger partial charge in [0.25, 0.3) is 22.2 Å². The van der Waals surface area contributed by atoms with E-state index in [0.29, 0.717) is 21.6 Å². The van der Waals surface area contributed by atoms with Gasteiger partial charge in [0.2, 0.25) is 11.2 Å². The molecular weight excluding hydrogens is 2070 g/mol. The van der Waals surface area contributed by atoms with Gasteiger partial charge in [0, 0.05) is 23.5 Å². The number of aromatic nitrogens is 10. The lowest BCUT2D eigenvalue weighted by Gasteiger charge is -2.28. The van der Waals surface area contributed by atoms with Crippen LogP contribution in [-0.2, 0) is 126 Å². The second-order valence-corrected chi connectivity index (χ2v) is 42.8. The predicted octanol–water partition coefficient (Wildman–Crippen LogP) is -8.25. The first-order valence-corrected chi connectivity index (χ1v) is 51.5. The molecule has 0 amide bonds. The number of H-pyrrole nitrogens is 4. The highest BCUT2D eigenvalue weighted by Gasteiger charge is 2.63. The first-order valence-electron chi connectivity index (χ1n) is 35.4. The second-order valence-electron chi connectivity index (χ2n) is 25.4. The summed E-state index contributed by atoms with van der Waals surface area (Å²) < 4.78 is 237. The molecular formula is C50H74N10O60P12. The van der Waals surface area contributed by atoms with Crippen LogP contribution in [0, 0.1) is 61.2 Å². The Morgan fingerprint density at radius 3 is 0.902 bits per heavy atom. The van der Waals surface area contributed by atoms with E-state index < -0.39 is 260 Å². The summed E-state index contributed by atoms with van der Waals surface area (Å²) in [6, 6.07) is 1.88. The quantitative estimate of drug-likeness (QED) is 0.0159. The number of aliphatic hydroxyl groups is 8. The van der Waals surface area contributed by atoms with Gasteiger partial charge in [0.15, 0.2) is 36.1 Å². The zero-order valence-electron chi connectivity index (χ0n) is 69.9. The van der Waals surface area contributed by atoms with Crippen molar-refractivity contribution in [2.75, 3.05) is 13.1 Å². The van der Waals surface area contributed by atoms with Crippen LogP contribution in [0.3, 0.4) is 0 Å². The molecule has 4 aromatic heterocycles. The number of ether oxygens (including phenoxy) is 4. The molecule has 0 aromatic carbocycles. The topological polar surface area (TPSA) is 1080 Å². The van der Waals surface area contributed by atoms with Gasteiger partial charge in [-0.2, -0.15) is 54.0 Å². The fraction of sp³-hybridized carbons (Fsp3) is 0.560. The molecule has 82 heteroatoms. The Morgan fingerprint density at radius 1 is 0.379 bits per heavy atom. The van der Waals surface area contributed by atoms with Crippen LogP contribution in [0.25, 0.3) is 0 Å². The van der Waals surface area contributed by atoms with Crippen LogP contribution in [0.1, 0.15) is 83.3 Å². The van der Waals surface area contributed by atoms with Gasteiger partial charge < -0.3 is 138 Å². The van der Waals surface area contributed by atoms with E-state index in [9.17, 15) is 168 Å². The molecule has 0 aliphatic carbocycles. The number of aliphatic hydroxyl groups excluding tert-OH is 4. The largest absolute Gasteiger partial charge is 0.490 e. The summed E-state index contributed by atoms with van der Waals surface area (Å²) in [5.41, 5.74) is -19.0. The molecule has 0 bridgehead atoms. The van der Waals surface area contributed by atoms with Gasteiger partial charge in [-0.05, 0) is 55.4 Å². The van der Waals surface area contributed by atoms with Gasteiger partial charge in [0.05, 0.1) is 30.8 Å². The number of hydrogen-bond donors (Lipinski definition) is 28. The van der Waals surface area contributed by atoms with E-state index in [-0.39, 0.29) is 16.1 Å². The van der Waals surface area contributed by atoms with Crippen molar-refractivity contribution in [1.29, 1.82) is 0 Å². The van der Waals surface area contributed by atoms with Crippen LogP contribution in [0.4, 0.5) is 0 Å². The van der Waals surface area contributed by atoms with Gasteiger partial charge in [-0.15, -0.1) is 23.7 Å². The Balaban J connectivity index is 0.000000320. The summed E-state index contributed by atoms with van der Waals surface area (Å²) in [5.74, 6) is 17.7. The van der Waals surface area contributed by atoms with Gasteiger partial charge in [-0.25, -0.2) is 74.0 Å². The Kier molecular flexibility index (Phi) is 36.2. The minimum Gasteiger partial charge on any atom is -0.386 e. The molecule has 28 N–H and O–H groups in total. The molecule has 8 rings (SSSR count). The minimum absolute atomic E-state index is 0.0107. The van der Waals surface area contributed by atoms with Gasteiger partial charge >= 0.3 is 117 Å². The number of nitrogens with one attached hydrogen (secondary N) is 4. The van der Waals surface area contributed by atoms with E-state index >= 15 is 0 Å². The van der Waals surface area contributed by atoms with Gasteiger partial charge in [-0.1, -0.05) is 23.7 Å². The smallest absolute Gasteiger partial charge is 0.386 e. The highest BCUT2D eigenvalue weighted by atomic mass is 31.3. The van der Waals surface area contributed by atoms with Crippen molar-refractivity contribution >= 4 is 93.9 Å². The molecule has 26 atom stereocenters. The standard InChI is InChI=1S/C14H21N2O15P3.C13H19N2O15P3.C12H18N3O15P3.C11H16N3O15P3/c1-4-5-14(20)11(18)10(28-12(14)16-7(2)6-9(17)15-13(16)19)8(3)29-33(24,25)31-34(26,27)30-32(21,22)23;1-3-4-13(19)10(17)8(28-11(13)15-7(2)5-9(16)14-12(15)18)6-27-32(23,24)30-33(25,26)29-31(20,21)22;1-3-4-12(19)9(17)8(27-10(12)15-11(18)14-7(16)5-13-15)6(2)28-32(23,24)30-33(25,26)29-31(20,21)22;1-2-3-11(18)8(16)6(27-9(11)14-10(17)13-7(15)4-12-14)5-26-31(22,23)29-32(24,25)28-30(19,20)21/h6,8,10-12,18,20H,1-3H3,(H,24,25)(H,26,27)(H,15,17,19)(H2,21,22,23);5,8,10-11,17,19H,6H2,1-2H3,(H,23,24)(H,25,26)(H,14,16,18)(H2,20,21,22);5-6,8-10,17,19H,1-2H3,(H,23,24)(H,25,26)(H,14,16,18)(H2,20,21,22);4,6,8-9,16,18H,5H2,1H3,(H,22,23)(H,24,25)(H,13,15,17)(H2,19,20,21)/t8-,10+,11-,12+,14?;8-,10+,11-,13?;6-,8+,9-,10+,12?;6-,8+,9-,11?/m0101/s1/i;6D2;;5D2. The molecule has 132 heavy (non-hydrogen) atoms. The van der Waals surface area contributed by atoms with Crippen LogP contribution in [0.2, 0.25) is 0 Å². The molecule has 12 unspecified atom stereocenters. The molecule has 4 saturated heterocycles. The zero-order valence-corrected chi connectivity index (χ0v) is 76.6.